The molecule has 0 saturated carbocycles. The lowest BCUT2D eigenvalue weighted by atomic mass is 9.85. The van der Waals surface area contributed by atoms with Crippen LogP contribution in [0, 0.1) is 5.41 Å². The predicted molar refractivity (Wildman–Crippen MR) is 83.1 cm³/mol. The molecule has 0 bridgehead atoms. The number of aliphatic hydroxyl groups is 1. The number of benzene rings is 1. The van der Waals surface area contributed by atoms with Gasteiger partial charge in [-0.05, 0) is 46.0 Å². The minimum absolute atomic E-state index is 0.0501. The van der Waals surface area contributed by atoms with Crippen molar-refractivity contribution >= 4 is 21.8 Å². The van der Waals surface area contributed by atoms with E-state index in [4.69, 9.17) is 9.84 Å². The fourth-order valence-corrected chi connectivity index (χ4v) is 2.44. The Morgan fingerprint density at radius 3 is 2.55 bits per heavy atom. The molecule has 1 unspecified atom stereocenters. The summed E-state index contributed by atoms with van der Waals surface area (Å²) in [5.74, 6) is 0.533. The Labute approximate surface area is 128 Å². The molecule has 0 aliphatic carbocycles. The molecular weight excluding hydrogens is 322 g/mol. The van der Waals surface area contributed by atoms with Crippen LogP contribution in [0.2, 0.25) is 0 Å². The van der Waals surface area contributed by atoms with E-state index < -0.39 is 0 Å². The van der Waals surface area contributed by atoms with Gasteiger partial charge in [-0.1, -0.05) is 20.8 Å². The number of carbonyl (C=O) groups is 1. The van der Waals surface area contributed by atoms with Crippen LogP contribution in [0.1, 0.15) is 37.6 Å². The smallest absolute Gasteiger partial charge is 0.251 e. The van der Waals surface area contributed by atoms with Crippen LogP contribution in [-0.4, -0.2) is 30.8 Å². The molecule has 0 aliphatic heterocycles. The van der Waals surface area contributed by atoms with Crippen LogP contribution in [0.15, 0.2) is 22.7 Å². The highest BCUT2D eigenvalue weighted by Gasteiger charge is 2.26. The highest BCUT2D eigenvalue weighted by Crippen LogP contribution is 2.26. The molecule has 112 valence electrons. The van der Waals surface area contributed by atoms with E-state index in [9.17, 15) is 4.79 Å². The fourth-order valence-electron chi connectivity index (χ4n) is 1.90. The number of nitrogens with one attached hydrogen (secondary N) is 1. The molecule has 1 rings (SSSR count). The number of rotatable bonds is 5. The molecule has 5 heteroatoms. The number of aliphatic hydroxyl groups excluding tert-OH is 1. The predicted octanol–water partition coefficient (Wildman–Crippen LogP) is 2.98. The van der Waals surface area contributed by atoms with Crippen molar-refractivity contribution in [2.45, 2.75) is 33.2 Å². The first-order valence-electron chi connectivity index (χ1n) is 6.55. The Kier molecular flexibility index (Phi) is 6.02. The molecule has 0 fully saturated rings. The van der Waals surface area contributed by atoms with Crippen LogP contribution >= 0.6 is 15.9 Å². The third-order valence-electron chi connectivity index (χ3n) is 3.18. The monoisotopic (exact) mass is 343 g/mol. The maximum absolute atomic E-state index is 12.3. The van der Waals surface area contributed by atoms with Gasteiger partial charge in [0.15, 0.2) is 0 Å². The fraction of sp³-hybridized carbons (Fsp3) is 0.533. The first-order valence-corrected chi connectivity index (χ1v) is 7.34. The number of halogens is 1. The summed E-state index contributed by atoms with van der Waals surface area (Å²) in [5.41, 5.74) is 0.451. The van der Waals surface area contributed by atoms with Gasteiger partial charge in [0.25, 0.3) is 5.91 Å². The van der Waals surface area contributed by atoms with Gasteiger partial charge >= 0.3 is 0 Å². The van der Waals surface area contributed by atoms with E-state index in [1.807, 2.05) is 20.8 Å². The van der Waals surface area contributed by atoms with E-state index in [1.165, 1.54) is 0 Å². The maximum Gasteiger partial charge on any atom is 0.251 e. The molecule has 0 radical (unpaired) electrons. The molecule has 0 heterocycles. The molecular formula is C15H22BrNO3. The second kappa shape index (κ2) is 7.09. The van der Waals surface area contributed by atoms with Gasteiger partial charge in [0.2, 0.25) is 0 Å². The molecule has 1 atom stereocenters. The standard InChI is InChI=1S/C15H22BrNO3/c1-15(2,3)13(7-8-18)17-14(19)10-5-6-12(20-4)11(16)9-10/h5-6,9,13,18H,7-8H2,1-4H3,(H,17,19). The number of hydrogen-bond acceptors (Lipinski definition) is 3. The van der Waals surface area contributed by atoms with Crippen molar-refractivity contribution in [1.29, 1.82) is 0 Å². The quantitative estimate of drug-likeness (QED) is 0.863. The van der Waals surface area contributed by atoms with Crippen molar-refractivity contribution in [3.8, 4) is 5.75 Å². The highest BCUT2D eigenvalue weighted by atomic mass is 79.9. The lowest BCUT2D eigenvalue weighted by Crippen LogP contribution is -2.44. The van der Waals surface area contributed by atoms with E-state index >= 15 is 0 Å². The minimum Gasteiger partial charge on any atom is -0.496 e. The van der Waals surface area contributed by atoms with Gasteiger partial charge in [-0.15, -0.1) is 0 Å². The van der Waals surface area contributed by atoms with Crippen LogP contribution < -0.4 is 10.1 Å². The third-order valence-corrected chi connectivity index (χ3v) is 3.80. The molecule has 0 aromatic heterocycles. The molecule has 0 aliphatic rings. The summed E-state index contributed by atoms with van der Waals surface area (Å²) in [7, 11) is 1.58. The number of ether oxygens (including phenoxy) is 1. The first-order chi connectivity index (χ1) is 9.29. The Morgan fingerprint density at radius 1 is 1.45 bits per heavy atom. The van der Waals surface area contributed by atoms with Gasteiger partial charge in [-0.3, -0.25) is 4.79 Å². The summed E-state index contributed by atoms with van der Waals surface area (Å²) < 4.78 is 5.88. The number of hydrogen-bond donors (Lipinski definition) is 2. The van der Waals surface area contributed by atoms with Gasteiger partial charge in [-0.2, -0.15) is 0 Å². The normalized spacial score (nSPS) is 12.9. The molecule has 1 aromatic rings. The van der Waals surface area contributed by atoms with E-state index in [0.717, 1.165) is 4.47 Å². The van der Waals surface area contributed by atoms with Crippen LogP contribution in [0.5, 0.6) is 5.75 Å². The largest absolute Gasteiger partial charge is 0.496 e. The van der Waals surface area contributed by atoms with Crippen LogP contribution in [0.25, 0.3) is 0 Å². The summed E-state index contributed by atoms with van der Waals surface area (Å²) in [4.78, 5) is 12.3. The highest BCUT2D eigenvalue weighted by molar-refractivity contribution is 9.10. The van der Waals surface area contributed by atoms with E-state index in [1.54, 1.807) is 25.3 Å². The molecule has 1 amide bonds. The van der Waals surface area contributed by atoms with Gasteiger partial charge in [-0.25, -0.2) is 0 Å². The van der Waals surface area contributed by atoms with Crippen molar-refractivity contribution in [2.75, 3.05) is 13.7 Å². The van der Waals surface area contributed by atoms with E-state index in [2.05, 4.69) is 21.2 Å². The summed E-state index contributed by atoms with van der Waals surface area (Å²) in [5, 5.41) is 12.1. The van der Waals surface area contributed by atoms with Crippen LogP contribution in [0.3, 0.4) is 0 Å². The average molecular weight is 344 g/mol. The maximum atomic E-state index is 12.3. The first kappa shape index (κ1) is 17.0. The summed E-state index contributed by atoms with van der Waals surface area (Å²) in [6.45, 7) is 6.17. The molecule has 0 saturated heterocycles. The topological polar surface area (TPSA) is 58.6 Å². The second-order valence-electron chi connectivity index (χ2n) is 5.75. The van der Waals surface area contributed by atoms with Crippen molar-refractivity contribution in [1.82, 2.24) is 5.32 Å². The molecule has 0 spiro atoms. The van der Waals surface area contributed by atoms with E-state index in [0.29, 0.717) is 17.7 Å². The Bertz CT molecular complexity index is 469. The zero-order valence-electron chi connectivity index (χ0n) is 12.4. The minimum atomic E-state index is -0.151. The van der Waals surface area contributed by atoms with E-state index in [-0.39, 0.29) is 24.0 Å². The second-order valence-corrected chi connectivity index (χ2v) is 6.61. The van der Waals surface area contributed by atoms with Crippen molar-refractivity contribution in [2.24, 2.45) is 5.41 Å². The van der Waals surface area contributed by atoms with Gasteiger partial charge in [0, 0.05) is 18.2 Å². The average Bonchev–Trinajstić information content (AvgIpc) is 2.36. The lowest BCUT2D eigenvalue weighted by Gasteiger charge is -2.31. The van der Waals surface area contributed by atoms with Crippen LogP contribution in [0.4, 0.5) is 0 Å². The number of amides is 1. The van der Waals surface area contributed by atoms with Gasteiger partial charge in [0.05, 0.1) is 11.6 Å². The van der Waals surface area contributed by atoms with Crippen molar-refractivity contribution in [3.63, 3.8) is 0 Å². The summed E-state index contributed by atoms with van der Waals surface area (Å²) in [6, 6.07) is 5.11. The van der Waals surface area contributed by atoms with Crippen LogP contribution in [-0.2, 0) is 0 Å². The van der Waals surface area contributed by atoms with Gasteiger partial charge < -0.3 is 15.2 Å². The lowest BCUT2D eigenvalue weighted by molar-refractivity contribution is 0.0885. The third kappa shape index (κ3) is 4.49. The zero-order valence-corrected chi connectivity index (χ0v) is 14.0. The van der Waals surface area contributed by atoms with Crippen molar-refractivity contribution < 1.29 is 14.6 Å². The summed E-state index contributed by atoms with van der Waals surface area (Å²) >= 11 is 3.37. The number of carbonyl (C=O) groups excluding carboxylic acids is 1. The SMILES string of the molecule is COc1ccc(C(=O)NC(CCO)C(C)(C)C)cc1Br. The molecule has 20 heavy (non-hydrogen) atoms. The Balaban J connectivity index is 2.86. The number of methoxy groups -OCH3 is 1. The Hall–Kier alpha value is -1.07. The van der Waals surface area contributed by atoms with Gasteiger partial charge in [0.1, 0.15) is 5.75 Å². The zero-order chi connectivity index (χ0) is 15.3. The molecule has 2 N–H and O–H groups in total. The van der Waals surface area contributed by atoms with Crippen molar-refractivity contribution in [3.05, 3.63) is 28.2 Å². The molecule has 4 nitrogen and oxygen atoms in total. The summed E-state index contributed by atoms with van der Waals surface area (Å²) in [6.07, 6.45) is 0.534. The molecule has 1 aromatic carbocycles. The Morgan fingerprint density at radius 2 is 2.10 bits per heavy atom.